The number of aryl methyl sites for hydroxylation is 2. The Kier molecular flexibility index (Phi) is 15.4. The van der Waals surface area contributed by atoms with Gasteiger partial charge < -0.3 is 8.97 Å². The van der Waals surface area contributed by atoms with Gasteiger partial charge in [0.25, 0.3) is 0 Å². The number of hydrogen-bond donors (Lipinski definition) is 0. The third-order valence-corrected chi connectivity index (χ3v) is 8.58. The molecule has 1 aromatic carbocycles. The van der Waals surface area contributed by atoms with E-state index in [-0.39, 0.29) is 0 Å². The van der Waals surface area contributed by atoms with Gasteiger partial charge in [-0.25, -0.2) is 0 Å². The second-order valence-electron chi connectivity index (χ2n) is 12.4. The summed E-state index contributed by atoms with van der Waals surface area (Å²) in [4.78, 5) is 0. The molecule has 0 spiro atoms. The zero-order chi connectivity index (χ0) is 26.3. The Hall–Kier alpha value is -0.860. The number of quaternary nitrogens is 2. The molecule has 0 unspecified atom stereocenters. The van der Waals surface area contributed by atoms with Crippen LogP contribution in [0.3, 0.4) is 0 Å². The zero-order valence-corrected chi connectivity index (χ0v) is 25.7. The Balaban J connectivity index is 3.25. The van der Waals surface area contributed by atoms with Crippen molar-refractivity contribution in [1.29, 1.82) is 0 Å². The van der Waals surface area contributed by atoms with Gasteiger partial charge in [0, 0.05) is 11.1 Å². The first-order valence-electron chi connectivity index (χ1n) is 15.4. The van der Waals surface area contributed by atoms with Gasteiger partial charge in [-0.3, -0.25) is 0 Å². The molecule has 2 nitrogen and oxygen atoms in total. The second kappa shape index (κ2) is 16.8. The van der Waals surface area contributed by atoms with Crippen LogP contribution in [-0.4, -0.2) is 49.2 Å². The van der Waals surface area contributed by atoms with Crippen molar-refractivity contribution in [3.8, 4) is 0 Å². The van der Waals surface area contributed by atoms with Crippen molar-refractivity contribution in [3.63, 3.8) is 0 Å². The number of benzene rings is 1. The summed E-state index contributed by atoms with van der Waals surface area (Å²) in [5.74, 6) is 0. The highest BCUT2D eigenvalue weighted by molar-refractivity contribution is 5.44. The summed E-state index contributed by atoms with van der Waals surface area (Å²) in [5, 5.41) is 0. The Labute approximate surface area is 221 Å². The molecule has 0 aliphatic carbocycles. The Bertz CT molecular complexity index is 629. The summed E-state index contributed by atoms with van der Waals surface area (Å²) in [6.07, 6.45) is 16.2. The smallest absolute Gasteiger partial charge is 0.105 e. The first-order chi connectivity index (χ1) is 16.6. The van der Waals surface area contributed by atoms with E-state index < -0.39 is 0 Å². The van der Waals surface area contributed by atoms with Gasteiger partial charge >= 0.3 is 0 Å². The fourth-order valence-corrected chi connectivity index (χ4v) is 6.04. The predicted octanol–water partition coefficient (Wildman–Crippen LogP) is 9.27. The molecule has 1 aromatic rings. The van der Waals surface area contributed by atoms with Crippen LogP contribution in [0.25, 0.3) is 0 Å². The van der Waals surface area contributed by atoms with Crippen molar-refractivity contribution in [1.82, 2.24) is 0 Å². The topological polar surface area (TPSA) is 0 Å². The van der Waals surface area contributed by atoms with Gasteiger partial charge in [0.15, 0.2) is 0 Å². The van der Waals surface area contributed by atoms with Crippen molar-refractivity contribution < 1.29 is 8.97 Å². The van der Waals surface area contributed by atoms with Gasteiger partial charge in [-0.15, -0.1) is 0 Å². The summed E-state index contributed by atoms with van der Waals surface area (Å²) in [6, 6.07) is 2.52. The van der Waals surface area contributed by atoms with Crippen LogP contribution >= 0.6 is 0 Å². The molecule has 0 atom stereocenters. The first-order valence-corrected chi connectivity index (χ1v) is 15.4. The van der Waals surface area contributed by atoms with Crippen LogP contribution in [0.4, 0.5) is 0 Å². The summed E-state index contributed by atoms with van der Waals surface area (Å²) < 4.78 is 2.42. The van der Waals surface area contributed by atoms with E-state index in [0.29, 0.717) is 0 Å². The molecule has 35 heavy (non-hydrogen) atoms. The molecule has 1 rings (SSSR count). The van der Waals surface area contributed by atoms with E-state index in [1.54, 1.807) is 16.7 Å². The van der Waals surface area contributed by atoms with Crippen LogP contribution in [0.2, 0.25) is 0 Å². The maximum atomic E-state index is 2.54. The van der Waals surface area contributed by atoms with Crippen molar-refractivity contribution in [3.05, 3.63) is 33.9 Å². The highest BCUT2D eigenvalue weighted by Crippen LogP contribution is 2.29. The molecule has 0 radical (unpaired) electrons. The van der Waals surface area contributed by atoms with E-state index >= 15 is 0 Å². The molecule has 0 aliphatic rings. The van der Waals surface area contributed by atoms with E-state index in [0.717, 1.165) is 0 Å². The number of unbranched alkanes of at least 4 members (excludes halogenated alkanes) is 8. The quantitative estimate of drug-likeness (QED) is 0.127. The van der Waals surface area contributed by atoms with E-state index in [2.05, 4.69) is 68.6 Å². The molecule has 204 valence electrons. The van der Waals surface area contributed by atoms with Gasteiger partial charge in [-0.1, -0.05) is 59.4 Å². The van der Waals surface area contributed by atoms with Crippen LogP contribution in [0, 0.1) is 20.8 Å². The third kappa shape index (κ3) is 11.4. The molecule has 2 heteroatoms. The number of rotatable bonds is 20. The Morgan fingerprint density at radius 2 is 0.771 bits per heavy atom. The van der Waals surface area contributed by atoms with Crippen LogP contribution < -0.4 is 0 Å². The predicted molar refractivity (Wildman–Crippen MR) is 158 cm³/mol. The molecule has 0 saturated carbocycles. The molecule has 0 saturated heterocycles. The lowest BCUT2D eigenvalue weighted by atomic mass is 9.91. The molecule has 0 aromatic heterocycles. The van der Waals surface area contributed by atoms with Gasteiger partial charge in [-0.05, 0) is 88.8 Å². The standard InChI is InChI=1S/C33H64N2/c1-10-14-18-22-34(8,23-19-15-11-2)27-32-29(5)26-30(6)33(31(32)7)28-35(9,24-20-16-12-3)25-21-17-13-4/h26H,10-25,27-28H2,1-9H3/q+2. The maximum absolute atomic E-state index is 2.54. The third-order valence-electron chi connectivity index (χ3n) is 8.58. The van der Waals surface area contributed by atoms with E-state index in [4.69, 9.17) is 0 Å². The Morgan fingerprint density at radius 3 is 1.03 bits per heavy atom. The average Bonchev–Trinajstić information content (AvgIpc) is 2.80. The minimum absolute atomic E-state index is 1.20. The van der Waals surface area contributed by atoms with Crippen LogP contribution in [0.1, 0.15) is 133 Å². The van der Waals surface area contributed by atoms with Crippen molar-refractivity contribution in [2.45, 2.75) is 139 Å². The molecular weight excluding hydrogens is 424 g/mol. The molecule has 0 N–H and O–H groups in total. The number of hydrogen-bond acceptors (Lipinski definition) is 0. The summed E-state index contributed by atoms with van der Waals surface area (Å²) >= 11 is 0. The highest BCUT2D eigenvalue weighted by atomic mass is 15.3. The molecule has 0 amide bonds. The fraction of sp³-hybridized carbons (Fsp3) is 0.818. The molecule has 0 aliphatic heterocycles. The summed E-state index contributed by atoms with van der Waals surface area (Å²) in [5.41, 5.74) is 7.94. The van der Waals surface area contributed by atoms with E-state index in [9.17, 15) is 0 Å². The highest BCUT2D eigenvalue weighted by Gasteiger charge is 2.28. The minimum Gasteiger partial charge on any atom is -0.322 e. The lowest BCUT2D eigenvalue weighted by Gasteiger charge is -2.38. The van der Waals surface area contributed by atoms with Crippen LogP contribution in [-0.2, 0) is 13.1 Å². The molecule has 0 heterocycles. The minimum atomic E-state index is 1.20. The van der Waals surface area contributed by atoms with Gasteiger partial charge in [0.1, 0.15) is 13.1 Å². The van der Waals surface area contributed by atoms with Crippen molar-refractivity contribution in [2.75, 3.05) is 40.3 Å². The largest absolute Gasteiger partial charge is 0.322 e. The monoisotopic (exact) mass is 489 g/mol. The summed E-state index contributed by atoms with van der Waals surface area (Å²) in [6.45, 7) is 24.2. The summed E-state index contributed by atoms with van der Waals surface area (Å²) in [7, 11) is 5.08. The second-order valence-corrected chi connectivity index (χ2v) is 12.4. The van der Waals surface area contributed by atoms with Crippen LogP contribution in [0.15, 0.2) is 6.07 Å². The van der Waals surface area contributed by atoms with Crippen LogP contribution in [0.5, 0.6) is 0 Å². The van der Waals surface area contributed by atoms with Gasteiger partial charge in [-0.2, -0.15) is 0 Å². The lowest BCUT2D eigenvalue weighted by Crippen LogP contribution is -2.46. The Morgan fingerprint density at radius 1 is 0.486 bits per heavy atom. The average molecular weight is 489 g/mol. The molecule has 0 fully saturated rings. The van der Waals surface area contributed by atoms with Crippen molar-refractivity contribution >= 4 is 0 Å². The molecule has 0 bridgehead atoms. The zero-order valence-electron chi connectivity index (χ0n) is 25.7. The maximum Gasteiger partial charge on any atom is 0.105 e. The van der Waals surface area contributed by atoms with E-state index in [1.165, 1.54) is 136 Å². The van der Waals surface area contributed by atoms with E-state index in [1.807, 2.05) is 0 Å². The van der Waals surface area contributed by atoms with Gasteiger partial charge in [0.05, 0.1) is 40.3 Å². The van der Waals surface area contributed by atoms with Gasteiger partial charge in [0.2, 0.25) is 0 Å². The number of nitrogens with zero attached hydrogens (tertiary/aromatic N) is 2. The normalized spacial score (nSPS) is 12.5. The van der Waals surface area contributed by atoms with Crippen molar-refractivity contribution in [2.24, 2.45) is 0 Å². The molecular formula is C33H64N2+2. The lowest BCUT2D eigenvalue weighted by molar-refractivity contribution is -0.923. The SMILES string of the molecule is CCCCC[N+](C)(CCCCC)Cc1c(C)cc(C)c(C[N+](C)(CCCCC)CCCCC)c1C. The first kappa shape index (κ1) is 32.2. The fourth-order valence-electron chi connectivity index (χ4n) is 6.04.